The second-order valence-electron chi connectivity index (χ2n) is 2.84. The van der Waals surface area contributed by atoms with E-state index in [1.165, 1.54) is 13.2 Å². The lowest BCUT2D eigenvalue weighted by molar-refractivity contribution is 0.371. The summed E-state index contributed by atoms with van der Waals surface area (Å²) < 4.78 is 5.56. The highest BCUT2D eigenvalue weighted by Gasteiger charge is 2.07. The summed E-state index contributed by atoms with van der Waals surface area (Å²) in [6, 6.07) is 6.75. The van der Waals surface area contributed by atoms with Crippen LogP contribution in [0, 0.1) is 26.2 Å². The first-order chi connectivity index (χ1) is 7.62. The van der Waals surface area contributed by atoms with Crippen LogP contribution in [0.25, 0.3) is 6.08 Å². The van der Waals surface area contributed by atoms with Gasteiger partial charge < -0.3 is 9.84 Å². The summed E-state index contributed by atoms with van der Waals surface area (Å²) in [6.07, 6.45) is 1.43. The molecule has 1 N–H and O–H groups in total. The zero-order valence-electron chi connectivity index (χ0n) is 8.36. The Morgan fingerprint density at radius 3 is 2.56 bits per heavy atom. The van der Waals surface area contributed by atoms with E-state index in [4.69, 9.17) is 15.3 Å². The number of nitrogens with zero attached hydrogens (tertiary/aromatic N) is 2. The van der Waals surface area contributed by atoms with Crippen molar-refractivity contribution in [2.45, 2.75) is 0 Å². The minimum Gasteiger partial charge on any atom is -0.504 e. The van der Waals surface area contributed by atoms with E-state index in [0.717, 1.165) is 0 Å². The fraction of sp³-hybridized carbons (Fsp3) is 0.0909. The van der Waals surface area contributed by atoms with Gasteiger partial charge in [0.15, 0.2) is 11.5 Å². The zero-order valence-corrected chi connectivity index (χ0v) is 10.5. The van der Waals surface area contributed by atoms with E-state index >= 15 is 0 Å². The molecular weight excluding hydrogens is 319 g/mol. The van der Waals surface area contributed by atoms with Crippen molar-refractivity contribution in [1.82, 2.24) is 0 Å². The van der Waals surface area contributed by atoms with Crippen LogP contribution >= 0.6 is 22.6 Å². The molecule has 0 aliphatic rings. The number of halogens is 1. The van der Waals surface area contributed by atoms with Crippen molar-refractivity contribution in [3.05, 3.63) is 26.8 Å². The Labute approximate surface area is 107 Å². The molecule has 0 unspecified atom stereocenters. The standard InChI is InChI=1S/C11H7IN2O2/c1-16-10-4-7(2-8(5-13)6-14)3-9(12)11(10)15/h2-4,15H,1H3. The Morgan fingerprint density at radius 2 is 2.06 bits per heavy atom. The number of nitriles is 2. The predicted molar refractivity (Wildman–Crippen MR) is 66.6 cm³/mol. The molecule has 1 aromatic carbocycles. The third-order valence-electron chi connectivity index (χ3n) is 1.82. The lowest BCUT2D eigenvalue weighted by atomic mass is 10.1. The molecule has 0 fully saturated rings. The average molecular weight is 326 g/mol. The van der Waals surface area contributed by atoms with Crippen LogP contribution in [0.1, 0.15) is 5.56 Å². The van der Waals surface area contributed by atoms with Crippen LogP contribution in [0.3, 0.4) is 0 Å². The van der Waals surface area contributed by atoms with Gasteiger partial charge in [-0.3, -0.25) is 0 Å². The van der Waals surface area contributed by atoms with Gasteiger partial charge in [-0.15, -0.1) is 0 Å². The number of hydrogen-bond donors (Lipinski definition) is 1. The molecule has 0 amide bonds. The molecule has 5 heteroatoms. The average Bonchev–Trinajstić information content (AvgIpc) is 2.30. The van der Waals surface area contributed by atoms with Crippen molar-refractivity contribution in [2.24, 2.45) is 0 Å². The Balaban J connectivity index is 3.29. The normalized spacial score (nSPS) is 8.75. The summed E-state index contributed by atoms with van der Waals surface area (Å²) >= 11 is 1.94. The first-order valence-corrected chi connectivity index (χ1v) is 5.28. The first kappa shape index (κ1) is 12.3. The van der Waals surface area contributed by atoms with Gasteiger partial charge in [-0.25, -0.2) is 0 Å². The Hall–Kier alpha value is -1.73. The third-order valence-corrected chi connectivity index (χ3v) is 2.64. The van der Waals surface area contributed by atoms with Gasteiger partial charge in [-0.1, -0.05) is 0 Å². The van der Waals surface area contributed by atoms with Crippen LogP contribution < -0.4 is 4.74 Å². The van der Waals surface area contributed by atoms with Gasteiger partial charge in [0.05, 0.1) is 10.7 Å². The van der Waals surface area contributed by atoms with Crippen LogP contribution in [0.2, 0.25) is 0 Å². The highest BCUT2D eigenvalue weighted by Crippen LogP contribution is 2.32. The van der Waals surface area contributed by atoms with Gasteiger partial charge in [0, 0.05) is 0 Å². The number of rotatable bonds is 2. The predicted octanol–water partition coefficient (Wildman–Crippen LogP) is 2.44. The molecule has 80 valence electrons. The topological polar surface area (TPSA) is 77.0 Å². The number of hydrogen-bond acceptors (Lipinski definition) is 4. The maximum absolute atomic E-state index is 9.59. The van der Waals surface area contributed by atoms with Crippen molar-refractivity contribution in [3.8, 4) is 23.6 Å². The van der Waals surface area contributed by atoms with Crippen molar-refractivity contribution in [1.29, 1.82) is 10.5 Å². The van der Waals surface area contributed by atoms with E-state index in [1.807, 2.05) is 22.6 Å². The summed E-state index contributed by atoms with van der Waals surface area (Å²) in [5.41, 5.74) is 0.640. The van der Waals surface area contributed by atoms with Crippen molar-refractivity contribution in [3.63, 3.8) is 0 Å². The molecule has 16 heavy (non-hydrogen) atoms. The monoisotopic (exact) mass is 326 g/mol. The second-order valence-corrected chi connectivity index (χ2v) is 4.00. The van der Waals surface area contributed by atoms with Gasteiger partial charge in [0.25, 0.3) is 0 Å². The molecular formula is C11H7IN2O2. The van der Waals surface area contributed by atoms with Gasteiger partial charge in [0.2, 0.25) is 0 Å². The molecule has 0 saturated heterocycles. The van der Waals surface area contributed by atoms with E-state index in [0.29, 0.717) is 14.9 Å². The maximum Gasteiger partial charge on any atom is 0.171 e. The zero-order chi connectivity index (χ0) is 12.1. The molecule has 0 radical (unpaired) electrons. The van der Waals surface area contributed by atoms with E-state index in [-0.39, 0.29) is 11.3 Å². The highest BCUT2D eigenvalue weighted by molar-refractivity contribution is 14.1. The summed E-state index contributed by atoms with van der Waals surface area (Å²) in [5.74, 6) is 0.365. The number of phenolic OH excluding ortho intramolecular Hbond substituents is 1. The van der Waals surface area contributed by atoms with E-state index in [1.54, 1.807) is 24.3 Å². The number of benzene rings is 1. The van der Waals surface area contributed by atoms with Crippen LogP contribution in [-0.2, 0) is 0 Å². The molecule has 0 aliphatic heterocycles. The van der Waals surface area contributed by atoms with Crippen LogP contribution in [-0.4, -0.2) is 12.2 Å². The maximum atomic E-state index is 9.59. The molecule has 0 aliphatic carbocycles. The second kappa shape index (κ2) is 5.38. The van der Waals surface area contributed by atoms with E-state index in [9.17, 15) is 5.11 Å². The lowest BCUT2D eigenvalue weighted by Crippen LogP contribution is -1.88. The Kier molecular flexibility index (Phi) is 4.15. The largest absolute Gasteiger partial charge is 0.504 e. The summed E-state index contributed by atoms with van der Waals surface area (Å²) in [6.45, 7) is 0. The van der Waals surface area contributed by atoms with Crippen molar-refractivity contribution >= 4 is 28.7 Å². The summed E-state index contributed by atoms with van der Waals surface area (Å²) in [5, 5.41) is 26.8. The quantitative estimate of drug-likeness (QED) is 0.669. The summed E-state index contributed by atoms with van der Waals surface area (Å²) in [7, 11) is 1.44. The SMILES string of the molecule is COc1cc(C=C(C#N)C#N)cc(I)c1O. The number of phenols is 1. The molecule has 0 aromatic heterocycles. The molecule has 1 rings (SSSR count). The third kappa shape index (κ3) is 2.65. The lowest BCUT2D eigenvalue weighted by Gasteiger charge is -2.06. The molecule has 0 spiro atoms. The van der Waals surface area contributed by atoms with Gasteiger partial charge in [-0.2, -0.15) is 10.5 Å². The highest BCUT2D eigenvalue weighted by atomic mass is 127. The van der Waals surface area contributed by atoms with E-state index < -0.39 is 0 Å². The molecule has 4 nitrogen and oxygen atoms in total. The number of ether oxygens (including phenoxy) is 1. The van der Waals surface area contributed by atoms with Crippen LogP contribution in [0.4, 0.5) is 0 Å². The first-order valence-electron chi connectivity index (χ1n) is 4.20. The number of allylic oxidation sites excluding steroid dienone is 1. The molecule has 1 aromatic rings. The molecule has 0 bridgehead atoms. The molecule has 0 atom stereocenters. The van der Waals surface area contributed by atoms with Gasteiger partial charge in [-0.05, 0) is 46.4 Å². The number of methoxy groups -OCH3 is 1. The molecule has 0 heterocycles. The Bertz CT molecular complexity index is 508. The van der Waals surface area contributed by atoms with Crippen molar-refractivity contribution in [2.75, 3.05) is 7.11 Å². The van der Waals surface area contributed by atoms with Crippen LogP contribution in [0.15, 0.2) is 17.7 Å². The minimum absolute atomic E-state index is 0.00328. The molecule has 0 saturated carbocycles. The van der Waals surface area contributed by atoms with Gasteiger partial charge in [0.1, 0.15) is 17.7 Å². The Morgan fingerprint density at radius 1 is 1.44 bits per heavy atom. The van der Waals surface area contributed by atoms with Gasteiger partial charge >= 0.3 is 0 Å². The smallest absolute Gasteiger partial charge is 0.171 e. The van der Waals surface area contributed by atoms with Crippen molar-refractivity contribution < 1.29 is 9.84 Å². The fourth-order valence-corrected chi connectivity index (χ4v) is 1.71. The van der Waals surface area contributed by atoms with E-state index in [2.05, 4.69) is 0 Å². The number of aromatic hydroxyl groups is 1. The minimum atomic E-state index is 0.00328. The van der Waals surface area contributed by atoms with Crippen LogP contribution in [0.5, 0.6) is 11.5 Å². The summed E-state index contributed by atoms with van der Waals surface area (Å²) in [4.78, 5) is 0. The fourth-order valence-electron chi connectivity index (χ4n) is 1.09.